The number of hydrogen-bond acceptors (Lipinski definition) is 2. The highest BCUT2D eigenvalue weighted by atomic mass is 15.0. The molecule has 4 aromatic heterocycles. The fraction of sp³-hybridized carbons (Fsp3) is 0.0189. The molecule has 0 aliphatic rings. The number of hydrogen-bond donors (Lipinski definition) is 0. The summed E-state index contributed by atoms with van der Waals surface area (Å²) in [7, 11) is 0. The zero-order chi connectivity index (χ0) is 38.3. The predicted octanol–water partition coefficient (Wildman–Crippen LogP) is 13.9. The second-order valence-corrected chi connectivity index (χ2v) is 14.2. The van der Waals surface area contributed by atoms with Crippen molar-refractivity contribution in [2.24, 2.45) is 0 Å². The average molecular weight is 731 g/mol. The lowest BCUT2D eigenvalue weighted by Gasteiger charge is -2.14. The molecule has 4 heteroatoms. The Bertz CT molecular complexity index is 3150. The van der Waals surface area contributed by atoms with Gasteiger partial charge in [0.15, 0.2) is 0 Å². The minimum absolute atomic E-state index is 0.955. The molecule has 0 atom stereocenters. The lowest BCUT2D eigenvalue weighted by molar-refractivity contribution is 1.09. The fourth-order valence-electron chi connectivity index (χ4n) is 8.47. The third kappa shape index (κ3) is 5.78. The molecule has 10 aromatic rings. The lowest BCUT2D eigenvalue weighted by atomic mass is 9.95. The smallest absolute Gasteiger partial charge is 0.0708 e. The maximum absolute atomic E-state index is 4.68. The molecule has 6 aromatic carbocycles. The summed E-state index contributed by atoms with van der Waals surface area (Å²) in [5, 5.41) is 3.56. The molecule has 0 radical (unpaired) electrons. The maximum atomic E-state index is 4.68. The summed E-state index contributed by atoms with van der Waals surface area (Å²) in [5.74, 6) is 0. The van der Waals surface area contributed by atoms with Gasteiger partial charge in [-0.05, 0) is 108 Å². The highest BCUT2D eigenvalue weighted by Gasteiger charge is 2.19. The average Bonchev–Trinajstić information content (AvgIpc) is 3.78. The number of allylic oxidation sites excluding steroid dienone is 1. The molecule has 0 amide bonds. The number of fused-ring (bicyclic) bond motifs is 4. The lowest BCUT2D eigenvalue weighted by Crippen LogP contribution is -2.00. The van der Waals surface area contributed by atoms with Gasteiger partial charge in [-0.1, -0.05) is 116 Å². The van der Waals surface area contributed by atoms with Gasteiger partial charge in [0.25, 0.3) is 0 Å². The molecule has 270 valence electrons. The Hall–Kier alpha value is -7.56. The molecule has 0 N–H and O–H groups in total. The first-order valence-corrected chi connectivity index (χ1v) is 19.3. The van der Waals surface area contributed by atoms with Crippen LogP contribution in [0.1, 0.15) is 18.2 Å². The van der Waals surface area contributed by atoms with Crippen LogP contribution in [-0.4, -0.2) is 19.1 Å². The monoisotopic (exact) mass is 730 g/mol. The van der Waals surface area contributed by atoms with E-state index < -0.39 is 0 Å². The van der Waals surface area contributed by atoms with Crippen LogP contribution in [0, 0.1) is 0 Å². The van der Waals surface area contributed by atoms with E-state index in [1.165, 1.54) is 10.8 Å². The van der Waals surface area contributed by atoms with Gasteiger partial charge in [-0.3, -0.25) is 9.97 Å². The summed E-state index contributed by atoms with van der Waals surface area (Å²) in [4.78, 5) is 9.36. The Labute approximate surface area is 332 Å². The van der Waals surface area contributed by atoms with E-state index in [1.54, 1.807) is 0 Å². The first kappa shape index (κ1) is 34.0. The van der Waals surface area contributed by atoms with Crippen molar-refractivity contribution in [3.05, 3.63) is 206 Å². The first-order chi connectivity index (χ1) is 28.2. The number of para-hydroxylation sites is 1. The van der Waals surface area contributed by atoms with Crippen LogP contribution in [0.3, 0.4) is 0 Å². The standard InChI is InChI=1S/C53H38N4/c1-3-16-50-40(4-2)46-33-36(41-19-5-7-21-43(41)48-24-11-13-31-54-48)27-29-52(46)56(50)38-17-15-18-39(35-38)57-51-26-10-9-23-45(51)47-34-37(28-30-53(47)57)42-20-6-8-22-44(42)49-25-12-14-32-55-49/h3-35H,2H2,1H3. The molecular formula is C53H38N4. The van der Waals surface area contributed by atoms with Gasteiger partial charge in [0.05, 0.1) is 33.6 Å². The van der Waals surface area contributed by atoms with Gasteiger partial charge < -0.3 is 9.13 Å². The molecule has 0 saturated carbocycles. The van der Waals surface area contributed by atoms with Crippen LogP contribution in [0.2, 0.25) is 0 Å². The number of nitrogens with zero attached hydrogens (tertiary/aromatic N) is 4. The second-order valence-electron chi connectivity index (χ2n) is 14.2. The molecule has 0 bridgehead atoms. The van der Waals surface area contributed by atoms with Crippen LogP contribution < -0.4 is 0 Å². The van der Waals surface area contributed by atoms with Crippen molar-refractivity contribution < 1.29 is 0 Å². The van der Waals surface area contributed by atoms with Gasteiger partial charge in [-0.25, -0.2) is 0 Å². The summed E-state index contributed by atoms with van der Waals surface area (Å²) < 4.78 is 4.76. The van der Waals surface area contributed by atoms with Gasteiger partial charge in [0.1, 0.15) is 0 Å². The van der Waals surface area contributed by atoms with Gasteiger partial charge in [-0.2, -0.15) is 0 Å². The van der Waals surface area contributed by atoms with Crippen LogP contribution in [-0.2, 0) is 0 Å². The maximum Gasteiger partial charge on any atom is 0.0708 e. The highest BCUT2D eigenvalue weighted by Crippen LogP contribution is 2.40. The Morgan fingerprint density at radius 1 is 0.456 bits per heavy atom. The van der Waals surface area contributed by atoms with Gasteiger partial charge in [-0.15, -0.1) is 0 Å². The van der Waals surface area contributed by atoms with Crippen molar-refractivity contribution in [3.63, 3.8) is 0 Å². The van der Waals surface area contributed by atoms with Crippen molar-refractivity contribution in [2.75, 3.05) is 0 Å². The third-order valence-corrected chi connectivity index (χ3v) is 10.9. The normalized spacial score (nSPS) is 11.6. The number of rotatable bonds is 8. The number of pyridine rings is 2. The molecule has 10 rings (SSSR count). The van der Waals surface area contributed by atoms with E-state index in [9.17, 15) is 0 Å². The van der Waals surface area contributed by atoms with Crippen LogP contribution in [0.4, 0.5) is 0 Å². The largest absolute Gasteiger partial charge is 0.309 e. The van der Waals surface area contributed by atoms with E-state index in [0.29, 0.717) is 0 Å². The van der Waals surface area contributed by atoms with Crippen LogP contribution in [0.15, 0.2) is 195 Å². The van der Waals surface area contributed by atoms with Crippen molar-refractivity contribution in [3.8, 4) is 56.1 Å². The number of benzene rings is 6. The van der Waals surface area contributed by atoms with E-state index in [-0.39, 0.29) is 0 Å². The SMILES string of the molecule is C=Cc1c(C=CC)n(-c2cccc(-n3c4ccccc4c4cc(-c5ccccc5-c5ccccn5)ccc43)c2)c2ccc(-c3ccccc3-c3ccccn3)cc12. The topological polar surface area (TPSA) is 35.6 Å². The summed E-state index contributed by atoms with van der Waals surface area (Å²) in [6.45, 7) is 6.38. The van der Waals surface area contributed by atoms with E-state index in [1.807, 2.05) is 42.7 Å². The Balaban J connectivity index is 1.13. The molecule has 0 unspecified atom stereocenters. The molecule has 4 nitrogen and oxygen atoms in total. The third-order valence-electron chi connectivity index (χ3n) is 10.9. The van der Waals surface area contributed by atoms with Gasteiger partial charge in [0, 0.05) is 56.6 Å². The van der Waals surface area contributed by atoms with E-state index in [0.717, 1.165) is 89.3 Å². The summed E-state index contributed by atoms with van der Waals surface area (Å²) >= 11 is 0. The molecular weight excluding hydrogens is 693 g/mol. The highest BCUT2D eigenvalue weighted by molar-refractivity contribution is 6.11. The minimum atomic E-state index is 0.955. The second kappa shape index (κ2) is 14.3. The Morgan fingerprint density at radius 2 is 0.982 bits per heavy atom. The van der Waals surface area contributed by atoms with Gasteiger partial charge in [0.2, 0.25) is 0 Å². The van der Waals surface area contributed by atoms with E-state index in [4.69, 9.17) is 0 Å². The van der Waals surface area contributed by atoms with Crippen LogP contribution >= 0.6 is 0 Å². The quantitative estimate of drug-likeness (QED) is 0.156. The zero-order valence-corrected chi connectivity index (χ0v) is 31.5. The summed E-state index contributed by atoms with van der Waals surface area (Å²) in [5.41, 5.74) is 16.5. The minimum Gasteiger partial charge on any atom is -0.309 e. The Morgan fingerprint density at radius 3 is 1.58 bits per heavy atom. The molecule has 0 fully saturated rings. The predicted molar refractivity (Wildman–Crippen MR) is 240 cm³/mol. The van der Waals surface area contributed by atoms with E-state index >= 15 is 0 Å². The molecule has 0 spiro atoms. The van der Waals surface area contributed by atoms with Crippen LogP contribution in [0.5, 0.6) is 0 Å². The molecule has 57 heavy (non-hydrogen) atoms. The van der Waals surface area contributed by atoms with Crippen molar-refractivity contribution >= 4 is 44.9 Å². The number of aromatic nitrogens is 4. The van der Waals surface area contributed by atoms with E-state index in [2.05, 4.69) is 190 Å². The summed E-state index contributed by atoms with van der Waals surface area (Å²) in [6.07, 6.45) is 9.99. The summed E-state index contributed by atoms with van der Waals surface area (Å²) in [6, 6.07) is 60.4. The van der Waals surface area contributed by atoms with Crippen molar-refractivity contribution in [1.82, 2.24) is 19.1 Å². The van der Waals surface area contributed by atoms with Gasteiger partial charge >= 0.3 is 0 Å². The zero-order valence-electron chi connectivity index (χ0n) is 31.5. The molecule has 0 aliphatic heterocycles. The first-order valence-electron chi connectivity index (χ1n) is 19.3. The molecule has 4 heterocycles. The van der Waals surface area contributed by atoms with Crippen LogP contribution in [0.25, 0.3) is 101 Å². The van der Waals surface area contributed by atoms with Crippen molar-refractivity contribution in [2.45, 2.75) is 6.92 Å². The molecule has 0 aliphatic carbocycles. The molecule has 0 saturated heterocycles. The fourth-order valence-corrected chi connectivity index (χ4v) is 8.47. The Kier molecular flexibility index (Phi) is 8.50. The van der Waals surface area contributed by atoms with Crippen molar-refractivity contribution in [1.29, 1.82) is 0 Å².